The number of hydrogen-bond donors (Lipinski definition) is 5. The van der Waals surface area contributed by atoms with Crippen LogP contribution in [0.15, 0.2) is 24.3 Å². The molecule has 0 spiro atoms. The van der Waals surface area contributed by atoms with Crippen LogP contribution >= 0.6 is 67.8 Å². The van der Waals surface area contributed by atoms with Gasteiger partial charge in [0.2, 0.25) is 11.5 Å². The molecule has 0 fully saturated rings. The Hall–Kier alpha value is -2.23. The van der Waals surface area contributed by atoms with Crippen molar-refractivity contribution in [3.05, 3.63) is 42.8 Å². The molecule has 6 N–H and O–H groups in total. The summed E-state index contributed by atoms with van der Waals surface area (Å²) >= 11 is 6.95. The van der Waals surface area contributed by atoms with Gasteiger partial charge in [0, 0.05) is 39.3 Å². The van der Waals surface area contributed by atoms with E-state index in [1.807, 2.05) is 0 Å². The van der Waals surface area contributed by atoms with Gasteiger partial charge in [-0.1, -0.05) is 256 Å². The number of rotatable bonds is 41. The number of fused-ring (bicyclic) bond motifs is 1. The first-order valence-electron chi connectivity index (χ1n) is 29.3. The number of phenolic OH excluding ortho intramolecular Hbond substituents is 2. The van der Waals surface area contributed by atoms with Gasteiger partial charge >= 0.3 is 24.4 Å². The van der Waals surface area contributed by atoms with Crippen molar-refractivity contribution in [2.45, 2.75) is 220 Å². The molecule has 0 bridgehead atoms. The molecule has 3 rings (SSSR count). The van der Waals surface area contributed by atoms with Crippen LogP contribution in [0.5, 0.6) is 34.5 Å². The maximum absolute atomic E-state index is 12.5. The van der Waals surface area contributed by atoms with Crippen molar-refractivity contribution in [2.24, 2.45) is 5.73 Å². The summed E-state index contributed by atoms with van der Waals surface area (Å²) in [5.41, 5.74) is 5.35. The fraction of sp³-hybridized carbons (Fsp3) is 0.721. The third-order valence-corrected chi connectivity index (χ3v) is 12.2. The predicted octanol–water partition coefficient (Wildman–Crippen LogP) is 15.8. The minimum atomic E-state index is -0.955. The molecule has 1 atom stereocenters. The molecule has 1 amide bonds. The number of aliphatic hydroxyl groups is 1. The van der Waals surface area contributed by atoms with Gasteiger partial charge < -0.3 is 71.7 Å². The fourth-order valence-corrected chi connectivity index (χ4v) is 7.70. The van der Waals surface area contributed by atoms with E-state index in [4.69, 9.17) is 44.0 Å². The Morgan fingerprint density at radius 3 is 1.35 bits per heavy atom. The van der Waals surface area contributed by atoms with Crippen LogP contribution in [0.4, 0.5) is 0 Å². The van der Waals surface area contributed by atoms with Crippen LogP contribution in [-0.2, 0) is 47.1 Å². The van der Waals surface area contributed by atoms with Gasteiger partial charge in [0.25, 0.3) is 5.91 Å². The average Bonchev–Trinajstić information content (AvgIpc) is 3.89. The van der Waals surface area contributed by atoms with Crippen LogP contribution < -0.4 is 30.0 Å². The Bertz CT molecular complexity index is 1850. The standard InChI is InChI=1S/C31H53NO6.C24H36O8.C3H9N.CHI3.CH4O.CH3.V/c1-3-5-7-9-11-13-14-16-18-20-22-37-31(36)26-23-27(33)30(35)28(24-26)38-25-29(34)32-21-19-17-15-12-10-8-6-4-2;1-4-5-6-7-8-9-10-11-12-13-14-29-23(26)18-15-19(30-17-21(25)27-2)22-20(16-18)31-24(28-3)32-22;1-2-3-4;2-1(3)4;1-2;;/h23-24,33,35H,3-22,25H2,1-2H3,(H,32,34);15-16,24H,4-14,17H2,1-3H3;2-4H2,1H3;1H;2H,1H3;1H3;/q;;;;;-1;. The molecule has 1 unspecified atom stereocenters. The van der Waals surface area contributed by atoms with Gasteiger partial charge in [0.1, 0.15) is -0.0619 Å². The number of benzene rings is 2. The van der Waals surface area contributed by atoms with E-state index in [1.165, 1.54) is 161 Å². The van der Waals surface area contributed by atoms with Gasteiger partial charge in [-0.25, -0.2) is 14.4 Å². The molecule has 82 heavy (non-hydrogen) atoms. The van der Waals surface area contributed by atoms with Crippen molar-refractivity contribution < 1.29 is 90.9 Å². The molecule has 1 aliphatic rings. The van der Waals surface area contributed by atoms with E-state index in [0.29, 0.717) is 19.8 Å². The van der Waals surface area contributed by atoms with E-state index in [2.05, 4.69) is 106 Å². The van der Waals surface area contributed by atoms with Crippen LogP contribution in [0.25, 0.3) is 0 Å². The van der Waals surface area contributed by atoms with Crippen LogP contribution in [-0.4, -0.2) is 106 Å². The molecular formula is C61H106I3N2O15V-. The topological polar surface area (TPSA) is 241 Å². The summed E-state index contributed by atoms with van der Waals surface area (Å²) in [6.45, 7) is 9.15. The molecule has 21 heteroatoms. The first-order valence-corrected chi connectivity index (χ1v) is 33.1. The van der Waals surface area contributed by atoms with Crippen LogP contribution in [0, 0.1) is 7.43 Å². The monoisotopic (exact) mass is 1540 g/mol. The van der Waals surface area contributed by atoms with Crippen LogP contribution in [0.2, 0.25) is 0 Å². The minimum Gasteiger partial charge on any atom is -0.504 e. The second-order valence-corrected chi connectivity index (χ2v) is 29.9. The molecule has 0 aromatic heterocycles. The number of nitrogens with two attached hydrogens (primary N) is 1. The Labute approximate surface area is 547 Å². The molecule has 2 aromatic rings. The third-order valence-electron chi connectivity index (χ3n) is 12.2. The van der Waals surface area contributed by atoms with Crippen molar-refractivity contribution in [3.63, 3.8) is 0 Å². The molecule has 17 nitrogen and oxygen atoms in total. The summed E-state index contributed by atoms with van der Waals surface area (Å²) in [5, 5.41) is 29.9. The summed E-state index contributed by atoms with van der Waals surface area (Å²) in [4.78, 5) is 48.4. The number of unbranched alkanes of at least 4 members (excludes halogenated alkanes) is 25. The van der Waals surface area contributed by atoms with Crippen molar-refractivity contribution >= 4 is 91.6 Å². The van der Waals surface area contributed by atoms with Gasteiger partial charge in [-0.3, -0.25) is 4.79 Å². The van der Waals surface area contributed by atoms with E-state index >= 15 is 0 Å². The first kappa shape index (κ1) is 86.2. The molecule has 1 aliphatic heterocycles. The third kappa shape index (κ3) is 48.0. The zero-order valence-electron chi connectivity index (χ0n) is 51.1. The van der Waals surface area contributed by atoms with E-state index < -0.39 is 35.9 Å². The number of esters is 3. The molecular weight excluding hydrogens is 1430 g/mol. The number of aliphatic hydroxyl groups excluding tert-OH is 1. The number of carbonyl (C=O) groups excluding carboxylic acids is 4. The Balaban J connectivity index is -0.000000629. The zero-order chi connectivity index (χ0) is 60.0. The van der Waals surface area contributed by atoms with Crippen molar-refractivity contribution in [1.82, 2.24) is 5.32 Å². The predicted molar refractivity (Wildman–Crippen MR) is 351 cm³/mol. The number of amides is 1. The number of nitrogens with one attached hydrogen (secondary N) is 1. The van der Waals surface area contributed by atoms with E-state index in [0.717, 1.165) is 77.4 Å². The Morgan fingerprint density at radius 1 is 0.573 bits per heavy atom. The quantitative estimate of drug-likeness (QED) is 0.00791. The van der Waals surface area contributed by atoms with Gasteiger partial charge in [-0.05, 0) is 56.5 Å². The SMILES string of the molecule is CCCCCCCCCCCCOC(=O)c1cc(O)c(O)c(OCC(=O)NCCCCCCCCCC)c1.CCCCCCCCCCCCOC(=O)c1cc(OCC(=O)OC)c2c(c1)OC(OC)O2.CCCN.CO.IC(I)I.[CH3-].[V]. The molecule has 477 valence electrons. The Kier molecular flexibility index (Phi) is 65.0. The molecule has 0 aliphatic carbocycles. The number of hydrogen-bond acceptors (Lipinski definition) is 16. The summed E-state index contributed by atoms with van der Waals surface area (Å²) < 4.78 is 42.9. The van der Waals surface area contributed by atoms with Gasteiger partial charge in [-0.2, -0.15) is 0 Å². The van der Waals surface area contributed by atoms with Gasteiger partial charge in [-0.15, -0.1) is 0 Å². The smallest absolute Gasteiger partial charge is 0.361 e. The van der Waals surface area contributed by atoms with Crippen LogP contribution in [0.1, 0.15) is 235 Å². The van der Waals surface area contributed by atoms with Crippen molar-refractivity contribution in [1.29, 1.82) is 0 Å². The van der Waals surface area contributed by atoms with E-state index in [1.54, 1.807) is 0 Å². The van der Waals surface area contributed by atoms with Gasteiger partial charge in [0.05, 0.1) is 31.5 Å². The summed E-state index contributed by atoms with van der Waals surface area (Å²) in [6.07, 6.45) is 34.6. The summed E-state index contributed by atoms with van der Waals surface area (Å²) in [7, 11) is 3.69. The number of carbonyl (C=O) groups is 4. The normalized spacial score (nSPS) is 11.5. The molecule has 1 heterocycles. The van der Waals surface area contributed by atoms with E-state index in [-0.39, 0.29) is 79.2 Å². The van der Waals surface area contributed by atoms with Crippen molar-refractivity contribution in [2.75, 3.05) is 60.8 Å². The second-order valence-electron chi connectivity index (χ2n) is 19.1. The number of phenols is 2. The molecule has 0 saturated carbocycles. The van der Waals surface area contributed by atoms with Crippen LogP contribution in [0.3, 0.4) is 0 Å². The first-order chi connectivity index (χ1) is 38.7. The molecule has 0 saturated heterocycles. The largest absolute Gasteiger partial charge is 0.504 e. The Morgan fingerprint density at radius 2 is 0.951 bits per heavy atom. The number of aromatic hydroxyl groups is 2. The van der Waals surface area contributed by atoms with E-state index in [9.17, 15) is 29.4 Å². The minimum absolute atomic E-state index is 0. The second kappa shape index (κ2) is 61.8. The number of alkyl halides is 3. The number of ether oxygens (including phenoxy) is 8. The molecule has 1 radical (unpaired) electrons. The summed E-state index contributed by atoms with van der Waals surface area (Å²) in [5.74, 6) is -2.37. The maximum atomic E-state index is 12.5. The van der Waals surface area contributed by atoms with Crippen molar-refractivity contribution in [3.8, 4) is 34.5 Å². The number of halogens is 3. The van der Waals surface area contributed by atoms with Gasteiger partial charge in [0.15, 0.2) is 36.2 Å². The average molecular weight is 1540 g/mol. The number of methoxy groups -OCH3 is 2. The summed E-state index contributed by atoms with van der Waals surface area (Å²) in [6, 6.07) is 5.41. The maximum Gasteiger partial charge on any atom is 0.361 e. The fourth-order valence-electron chi connectivity index (χ4n) is 7.70. The zero-order valence-corrected chi connectivity index (χ0v) is 59.0. The molecule has 2 aromatic carbocycles.